The van der Waals surface area contributed by atoms with E-state index in [1.54, 1.807) is 4.90 Å². The zero-order chi connectivity index (χ0) is 11.7. The Bertz CT molecular complexity index is 396. The third kappa shape index (κ3) is 2.20. The van der Waals surface area contributed by atoms with Crippen LogP contribution < -0.4 is 4.90 Å². The van der Waals surface area contributed by atoms with Gasteiger partial charge in [-0.05, 0) is 12.1 Å². The van der Waals surface area contributed by atoms with Crippen LogP contribution in [0.2, 0.25) is 0 Å². The minimum Gasteiger partial charge on any atom is -0.452 e. The standard InChI is InChI=1S/C14H17NO2/c16-14(12-4-2-1-3-5-12)17-13-10-15-8-6-11(13)7-9-15/h1-5,11,13H,6-10H2/p+1/t13-/m1/s1. The predicted octanol–water partition coefficient (Wildman–Crippen LogP) is 0.520. The summed E-state index contributed by atoms with van der Waals surface area (Å²) in [6.45, 7) is 3.51. The van der Waals surface area contributed by atoms with Crippen LogP contribution in [-0.4, -0.2) is 31.7 Å². The molecular weight excluding hydrogens is 214 g/mol. The molecule has 0 saturated carbocycles. The first-order valence-electron chi connectivity index (χ1n) is 6.42. The normalized spacial score (nSPS) is 31.2. The summed E-state index contributed by atoms with van der Waals surface area (Å²) in [5.74, 6) is 0.434. The first kappa shape index (κ1) is 10.8. The number of esters is 1. The summed E-state index contributed by atoms with van der Waals surface area (Å²) in [5, 5.41) is 0. The first-order chi connectivity index (χ1) is 8.33. The highest BCUT2D eigenvalue weighted by atomic mass is 16.5. The van der Waals surface area contributed by atoms with Crippen molar-refractivity contribution < 1.29 is 14.4 Å². The zero-order valence-electron chi connectivity index (χ0n) is 9.89. The van der Waals surface area contributed by atoms with Gasteiger partial charge in [0.15, 0.2) is 6.10 Å². The number of fused-ring (bicyclic) bond motifs is 3. The van der Waals surface area contributed by atoms with Crippen LogP contribution >= 0.6 is 0 Å². The molecule has 1 aromatic rings. The molecule has 3 aliphatic rings. The van der Waals surface area contributed by atoms with Crippen LogP contribution in [0.3, 0.4) is 0 Å². The molecule has 0 unspecified atom stereocenters. The lowest BCUT2D eigenvalue weighted by molar-refractivity contribution is -0.920. The monoisotopic (exact) mass is 232 g/mol. The molecule has 2 bridgehead atoms. The molecule has 1 N–H and O–H groups in total. The number of hydrogen-bond acceptors (Lipinski definition) is 2. The second-order valence-electron chi connectivity index (χ2n) is 5.10. The van der Waals surface area contributed by atoms with Crippen molar-refractivity contribution in [3.05, 3.63) is 35.9 Å². The topological polar surface area (TPSA) is 30.7 Å². The molecule has 3 heterocycles. The Morgan fingerprint density at radius 3 is 2.47 bits per heavy atom. The number of nitrogens with one attached hydrogen (secondary N) is 1. The van der Waals surface area contributed by atoms with Gasteiger partial charge in [-0.15, -0.1) is 0 Å². The van der Waals surface area contributed by atoms with E-state index >= 15 is 0 Å². The average molecular weight is 232 g/mol. The number of carbonyl (C=O) groups is 1. The van der Waals surface area contributed by atoms with Crippen LogP contribution in [0.15, 0.2) is 30.3 Å². The fraction of sp³-hybridized carbons (Fsp3) is 0.500. The van der Waals surface area contributed by atoms with Gasteiger partial charge in [-0.3, -0.25) is 0 Å². The van der Waals surface area contributed by atoms with Gasteiger partial charge in [0, 0.05) is 18.8 Å². The SMILES string of the molecule is O=C(O[C@@H]1C[NH+]2CCC1CC2)c1ccccc1. The van der Waals surface area contributed by atoms with Crippen LogP contribution in [0.4, 0.5) is 0 Å². The van der Waals surface area contributed by atoms with Crippen LogP contribution in [0.25, 0.3) is 0 Å². The minimum atomic E-state index is -0.163. The van der Waals surface area contributed by atoms with E-state index in [0.29, 0.717) is 11.5 Å². The number of hydrogen-bond donors (Lipinski definition) is 1. The van der Waals surface area contributed by atoms with Crippen molar-refractivity contribution >= 4 is 5.97 Å². The number of rotatable bonds is 2. The van der Waals surface area contributed by atoms with E-state index in [2.05, 4.69) is 0 Å². The quantitative estimate of drug-likeness (QED) is 0.754. The lowest BCUT2D eigenvalue weighted by Crippen LogP contribution is -3.16. The van der Waals surface area contributed by atoms with Crippen LogP contribution in [0.1, 0.15) is 23.2 Å². The third-order valence-electron chi connectivity index (χ3n) is 4.02. The zero-order valence-corrected chi connectivity index (χ0v) is 9.89. The van der Waals surface area contributed by atoms with Crippen molar-refractivity contribution in [2.24, 2.45) is 5.92 Å². The van der Waals surface area contributed by atoms with E-state index < -0.39 is 0 Å². The van der Waals surface area contributed by atoms with Crippen molar-refractivity contribution in [3.8, 4) is 0 Å². The summed E-state index contributed by atoms with van der Waals surface area (Å²) in [6, 6.07) is 9.29. The Labute approximate surface area is 101 Å². The van der Waals surface area contributed by atoms with E-state index in [1.807, 2.05) is 30.3 Å². The highest BCUT2D eigenvalue weighted by Gasteiger charge is 2.39. The number of quaternary nitrogens is 1. The van der Waals surface area contributed by atoms with Gasteiger partial charge in [-0.2, -0.15) is 0 Å². The summed E-state index contributed by atoms with van der Waals surface area (Å²) in [4.78, 5) is 13.6. The molecule has 17 heavy (non-hydrogen) atoms. The number of carbonyl (C=O) groups excluding carboxylic acids is 1. The predicted molar refractivity (Wildman–Crippen MR) is 63.9 cm³/mol. The molecule has 3 saturated heterocycles. The van der Waals surface area contributed by atoms with Gasteiger partial charge >= 0.3 is 5.97 Å². The molecule has 0 aliphatic carbocycles. The molecule has 1 atom stereocenters. The molecule has 90 valence electrons. The van der Waals surface area contributed by atoms with Crippen LogP contribution in [0.5, 0.6) is 0 Å². The molecule has 3 aliphatic heterocycles. The Morgan fingerprint density at radius 1 is 1.18 bits per heavy atom. The molecule has 4 rings (SSSR count). The maximum absolute atomic E-state index is 12.0. The summed E-state index contributed by atoms with van der Waals surface area (Å²) in [5.41, 5.74) is 0.666. The number of benzene rings is 1. The summed E-state index contributed by atoms with van der Waals surface area (Å²) >= 11 is 0. The van der Waals surface area contributed by atoms with E-state index in [1.165, 1.54) is 25.9 Å². The van der Waals surface area contributed by atoms with Gasteiger partial charge in [0.2, 0.25) is 0 Å². The number of ether oxygens (including phenoxy) is 1. The number of piperidine rings is 3. The molecule has 0 amide bonds. The van der Waals surface area contributed by atoms with Crippen molar-refractivity contribution in [1.29, 1.82) is 0 Å². The molecule has 3 heteroatoms. The lowest BCUT2D eigenvalue weighted by Gasteiger charge is -2.41. The molecule has 1 aromatic carbocycles. The van der Waals surface area contributed by atoms with Crippen molar-refractivity contribution in [1.82, 2.24) is 0 Å². The highest BCUT2D eigenvalue weighted by Crippen LogP contribution is 2.21. The largest absolute Gasteiger partial charge is 0.452 e. The van der Waals surface area contributed by atoms with Crippen LogP contribution in [-0.2, 0) is 4.74 Å². The summed E-state index contributed by atoms with van der Waals surface area (Å²) in [6.07, 6.45) is 2.56. The van der Waals surface area contributed by atoms with Gasteiger partial charge in [0.05, 0.1) is 18.7 Å². The average Bonchev–Trinajstić information content (AvgIpc) is 2.41. The maximum atomic E-state index is 12.0. The Morgan fingerprint density at radius 2 is 1.88 bits per heavy atom. The van der Waals surface area contributed by atoms with Crippen molar-refractivity contribution in [2.75, 3.05) is 19.6 Å². The van der Waals surface area contributed by atoms with Crippen molar-refractivity contribution in [2.45, 2.75) is 18.9 Å². The van der Waals surface area contributed by atoms with Gasteiger partial charge in [0.1, 0.15) is 6.54 Å². The van der Waals surface area contributed by atoms with E-state index in [9.17, 15) is 4.79 Å². The summed E-state index contributed by atoms with van der Waals surface area (Å²) in [7, 11) is 0. The van der Waals surface area contributed by atoms with E-state index in [0.717, 1.165) is 6.54 Å². The van der Waals surface area contributed by atoms with Gasteiger partial charge in [0.25, 0.3) is 0 Å². The minimum absolute atomic E-state index is 0.139. The molecule has 3 fully saturated rings. The van der Waals surface area contributed by atoms with Gasteiger partial charge in [-0.1, -0.05) is 18.2 Å². The second kappa shape index (κ2) is 4.49. The summed E-state index contributed by atoms with van der Waals surface area (Å²) < 4.78 is 5.65. The Kier molecular flexibility index (Phi) is 2.85. The Balaban J connectivity index is 1.66. The van der Waals surface area contributed by atoms with E-state index in [4.69, 9.17) is 4.74 Å². The fourth-order valence-electron chi connectivity index (χ4n) is 2.99. The van der Waals surface area contributed by atoms with Gasteiger partial charge in [-0.25, -0.2) is 4.79 Å². The van der Waals surface area contributed by atoms with Crippen molar-refractivity contribution in [3.63, 3.8) is 0 Å². The third-order valence-corrected chi connectivity index (χ3v) is 4.02. The molecular formula is C14H18NO2+. The molecule has 0 aromatic heterocycles. The molecule has 0 spiro atoms. The van der Waals surface area contributed by atoms with Gasteiger partial charge < -0.3 is 9.64 Å². The molecule has 3 nitrogen and oxygen atoms in total. The smallest absolute Gasteiger partial charge is 0.338 e. The maximum Gasteiger partial charge on any atom is 0.338 e. The second-order valence-corrected chi connectivity index (χ2v) is 5.10. The lowest BCUT2D eigenvalue weighted by atomic mass is 9.86. The highest BCUT2D eigenvalue weighted by molar-refractivity contribution is 5.89. The van der Waals surface area contributed by atoms with E-state index in [-0.39, 0.29) is 12.1 Å². The van der Waals surface area contributed by atoms with Crippen LogP contribution in [0, 0.1) is 5.92 Å². The Hall–Kier alpha value is -1.35. The fourth-order valence-corrected chi connectivity index (χ4v) is 2.99. The molecule has 0 radical (unpaired) electrons. The first-order valence-corrected chi connectivity index (χ1v) is 6.42.